The van der Waals surface area contributed by atoms with E-state index in [9.17, 15) is 31.1 Å². The third-order valence-electron chi connectivity index (χ3n) is 7.30. The fraction of sp³-hybridized carbons (Fsp3) is 0.567. The summed E-state index contributed by atoms with van der Waals surface area (Å²) in [5.74, 6) is 0. The molecular formula is C30H38F6N2O2. The second kappa shape index (κ2) is 12.0. The van der Waals surface area contributed by atoms with Gasteiger partial charge in [0.2, 0.25) is 0 Å². The molecule has 10 heteroatoms. The molecule has 1 N–H and O–H groups in total. The molecule has 222 valence electrons. The van der Waals surface area contributed by atoms with Gasteiger partial charge < -0.3 is 15.0 Å². The molecule has 0 aromatic heterocycles. The summed E-state index contributed by atoms with van der Waals surface area (Å²) < 4.78 is 85.8. The first-order valence-electron chi connectivity index (χ1n) is 13.5. The lowest BCUT2D eigenvalue weighted by Crippen LogP contribution is -2.57. The number of benzene rings is 2. The van der Waals surface area contributed by atoms with E-state index in [0.29, 0.717) is 25.7 Å². The van der Waals surface area contributed by atoms with E-state index in [-0.39, 0.29) is 36.3 Å². The van der Waals surface area contributed by atoms with Crippen molar-refractivity contribution in [2.45, 2.75) is 110 Å². The van der Waals surface area contributed by atoms with Gasteiger partial charge in [-0.3, -0.25) is 0 Å². The van der Waals surface area contributed by atoms with Crippen LogP contribution in [-0.2, 0) is 30.1 Å². The van der Waals surface area contributed by atoms with Crippen molar-refractivity contribution in [2.75, 3.05) is 0 Å². The molecule has 1 fully saturated rings. The van der Waals surface area contributed by atoms with Crippen molar-refractivity contribution >= 4 is 6.09 Å². The summed E-state index contributed by atoms with van der Waals surface area (Å²) in [6, 6.07) is 6.87. The van der Waals surface area contributed by atoms with Crippen LogP contribution in [0.25, 0.3) is 0 Å². The number of hydrogen-bond donors (Lipinski definition) is 1. The number of ether oxygens (including phenoxy) is 1. The monoisotopic (exact) mass is 572 g/mol. The molecule has 3 rings (SSSR count). The Labute approximate surface area is 232 Å². The van der Waals surface area contributed by atoms with E-state index in [0.717, 1.165) is 28.8 Å². The van der Waals surface area contributed by atoms with Crippen molar-refractivity contribution in [3.05, 3.63) is 69.8 Å². The summed E-state index contributed by atoms with van der Waals surface area (Å²) in [7, 11) is 0. The van der Waals surface area contributed by atoms with Crippen LogP contribution in [0.3, 0.4) is 0 Å². The fourth-order valence-electron chi connectivity index (χ4n) is 5.39. The third-order valence-corrected chi connectivity index (χ3v) is 7.30. The van der Waals surface area contributed by atoms with Crippen LogP contribution in [-0.4, -0.2) is 34.7 Å². The van der Waals surface area contributed by atoms with Gasteiger partial charge in [0, 0.05) is 24.7 Å². The van der Waals surface area contributed by atoms with Gasteiger partial charge in [0.05, 0.1) is 11.1 Å². The molecule has 0 spiro atoms. The van der Waals surface area contributed by atoms with Crippen molar-refractivity contribution in [3.63, 3.8) is 0 Å². The normalized spacial score (nSPS) is 20.5. The summed E-state index contributed by atoms with van der Waals surface area (Å²) >= 11 is 0. The number of alkyl halides is 6. The molecule has 0 aliphatic carbocycles. The number of hydrogen-bond acceptors (Lipinski definition) is 3. The lowest BCUT2D eigenvalue weighted by Gasteiger charge is -2.46. The van der Waals surface area contributed by atoms with E-state index in [1.165, 1.54) is 0 Å². The summed E-state index contributed by atoms with van der Waals surface area (Å²) in [6.07, 6.45) is -8.12. The zero-order valence-electron chi connectivity index (χ0n) is 23.8. The molecule has 1 heterocycles. The van der Waals surface area contributed by atoms with Crippen molar-refractivity contribution in [3.8, 4) is 0 Å². The van der Waals surface area contributed by atoms with E-state index in [1.807, 2.05) is 39.0 Å². The van der Waals surface area contributed by atoms with Crippen LogP contribution in [0, 0.1) is 13.8 Å². The predicted molar refractivity (Wildman–Crippen MR) is 142 cm³/mol. The smallest absolute Gasteiger partial charge is 0.416 e. The van der Waals surface area contributed by atoms with Crippen LogP contribution in [0.15, 0.2) is 36.4 Å². The molecule has 1 saturated heterocycles. The molecule has 0 radical (unpaired) electrons. The Morgan fingerprint density at radius 2 is 1.45 bits per heavy atom. The molecule has 1 aliphatic heterocycles. The number of halogens is 6. The summed E-state index contributed by atoms with van der Waals surface area (Å²) in [6.45, 7) is 11.2. The van der Waals surface area contributed by atoms with Gasteiger partial charge in [0.25, 0.3) is 0 Å². The van der Waals surface area contributed by atoms with Gasteiger partial charge in [0.15, 0.2) is 0 Å². The highest BCUT2D eigenvalue weighted by atomic mass is 19.4. The number of nitrogens with one attached hydrogen (secondary N) is 1. The Balaban J connectivity index is 1.90. The molecule has 4 nitrogen and oxygen atoms in total. The lowest BCUT2D eigenvalue weighted by molar-refractivity contribution is -0.143. The van der Waals surface area contributed by atoms with Crippen LogP contribution < -0.4 is 5.32 Å². The molecular weight excluding hydrogens is 534 g/mol. The highest BCUT2D eigenvalue weighted by molar-refractivity contribution is 5.69. The second-order valence-electron chi connectivity index (χ2n) is 11.6. The quantitative estimate of drug-likeness (QED) is 0.355. The molecule has 2 aromatic carbocycles. The number of aryl methyl sites for hydroxylation is 2. The first kappa shape index (κ1) is 31.8. The van der Waals surface area contributed by atoms with Crippen molar-refractivity contribution in [1.82, 2.24) is 10.2 Å². The Morgan fingerprint density at radius 1 is 0.925 bits per heavy atom. The minimum absolute atomic E-state index is 0.101. The first-order valence-corrected chi connectivity index (χ1v) is 13.5. The number of piperidine rings is 1. The summed E-state index contributed by atoms with van der Waals surface area (Å²) in [5.41, 5.74) is -0.212. The van der Waals surface area contributed by atoms with Gasteiger partial charge in [-0.05, 0) is 101 Å². The minimum atomic E-state index is -4.90. The van der Waals surface area contributed by atoms with E-state index >= 15 is 0 Å². The van der Waals surface area contributed by atoms with Gasteiger partial charge in [-0.2, -0.15) is 26.3 Å². The highest BCUT2D eigenvalue weighted by Gasteiger charge is 2.41. The molecule has 3 atom stereocenters. The molecule has 2 aromatic rings. The van der Waals surface area contributed by atoms with Gasteiger partial charge in [-0.25, -0.2) is 4.79 Å². The van der Waals surface area contributed by atoms with E-state index in [4.69, 9.17) is 4.74 Å². The lowest BCUT2D eigenvalue weighted by atomic mass is 9.85. The van der Waals surface area contributed by atoms with Gasteiger partial charge >= 0.3 is 18.4 Å². The Morgan fingerprint density at radius 3 is 1.93 bits per heavy atom. The SMILES string of the molecule is CCC1CC(NCc2cc(C(F)(F)F)cc(C(F)(F)F)c2)CC(Cc2c(C)cccc2C)N1C(=O)OC(C)(C)C. The Kier molecular flexibility index (Phi) is 9.54. The molecule has 1 aliphatic rings. The number of likely N-dealkylation sites (tertiary alicyclic amines) is 1. The molecule has 40 heavy (non-hydrogen) atoms. The topological polar surface area (TPSA) is 41.6 Å². The van der Waals surface area contributed by atoms with Crippen LogP contribution in [0.1, 0.15) is 80.3 Å². The van der Waals surface area contributed by atoms with Gasteiger partial charge in [-0.1, -0.05) is 25.1 Å². The number of rotatable bonds is 6. The maximum atomic E-state index is 13.4. The standard InChI is InChI=1S/C30H38F6N2O2/c1-7-24-14-23(37-17-20-11-21(29(31,32)33)13-22(12-20)30(34,35)36)15-25(38(24)27(39)40-28(4,5)6)16-26-18(2)9-8-10-19(26)3/h8-13,23-25,37H,7,14-17H2,1-6H3. The van der Waals surface area contributed by atoms with Crippen LogP contribution in [0.5, 0.6) is 0 Å². The van der Waals surface area contributed by atoms with E-state index < -0.39 is 35.2 Å². The number of nitrogens with zero attached hydrogens (tertiary/aromatic N) is 1. The van der Waals surface area contributed by atoms with E-state index in [1.54, 1.807) is 25.7 Å². The Bertz CT molecular complexity index is 1130. The maximum Gasteiger partial charge on any atom is 0.416 e. The first-order chi connectivity index (χ1) is 18.4. The second-order valence-corrected chi connectivity index (χ2v) is 11.6. The van der Waals surface area contributed by atoms with Crippen molar-refractivity contribution < 1.29 is 35.9 Å². The zero-order valence-corrected chi connectivity index (χ0v) is 23.8. The molecule has 3 unspecified atom stereocenters. The molecule has 0 bridgehead atoms. The predicted octanol–water partition coefficient (Wildman–Crippen LogP) is 8.22. The number of amides is 1. The minimum Gasteiger partial charge on any atom is -0.444 e. The largest absolute Gasteiger partial charge is 0.444 e. The Hall–Kier alpha value is -2.75. The van der Waals surface area contributed by atoms with Gasteiger partial charge in [-0.15, -0.1) is 0 Å². The zero-order chi connectivity index (χ0) is 30.0. The van der Waals surface area contributed by atoms with E-state index in [2.05, 4.69) is 5.32 Å². The molecule has 0 saturated carbocycles. The average molecular weight is 573 g/mol. The summed E-state index contributed by atoms with van der Waals surface area (Å²) in [5, 5.41) is 3.20. The van der Waals surface area contributed by atoms with Crippen molar-refractivity contribution in [1.29, 1.82) is 0 Å². The maximum absolute atomic E-state index is 13.4. The fourth-order valence-corrected chi connectivity index (χ4v) is 5.39. The molecule has 1 amide bonds. The number of carbonyl (C=O) groups is 1. The van der Waals surface area contributed by atoms with Crippen LogP contribution in [0.4, 0.5) is 31.1 Å². The van der Waals surface area contributed by atoms with Crippen LogP contribution >= 0.6 is 0 Å². The highest BCUT2D eigenvalue weighted by Crippen LogP contribution is 2.37. The van der Waals surface area contributed by atoms with Gasteiger partial charge in [0.1, 0.15) is 5.60 Å². The summed E-state index contributed by atoms with van der Waals surface area (Å²) in [4.78, 5) is 15.2. The third kappa shape index (κ3) is 8.15. The number of carbonyl (C=O) groups excluding carboxylic acids is 1. The van der Waals surface area contributed by atoms with Crippen LogP contribution in [0.2, 0.25) is 0 Å². The average Bonchev–Trinajstić information content (AvgIpc) is 2.82. The van der Waals surface area contributed by atoms with Crippen molar-refractivity contribution in [2.24, 2.45) is 0 Å².